The van der Waals surface area contributed by atoms with Gasteiger partial charge in [0.15, 0.2) is 0 Å². The van der Waals surface area contributed by atoms with Crippen LogP contribution in [0.15, 0.2) is 12.1 Å². The van der Waals surface area contributed by atoms with Crippen molar-refractivity contribution < 1.29 is 14.6 Å². The summed E-state index contributed by atoms with van der Waals surface area (Å²) in [4.78, 5) is 11.4. The van der Waals surface area contributed by atoms with Gasteiger partial charge in [-0.15, -0.1) is 0 Å². The van der Waals surface area contributed by atoms with E-state index in [9.17, 15) is 9.90 Å². The van der Waals surface area contributed by atoms with E-state index in [1.54, 1.807) is 12.1 Å². The Balaban J connectivity index is 2.52. The van der Waals surface area contributed by atoms with Crippen molar-refractivity contribution in [1.82, 2.24) is 0 Å². The summed E-state index contributed by atoms with van der Waals surface area (Å²) in [6.45, 7) is 0. The lowest BCUT2D eigenvalue weighted by Crippen LogP contribution is -2.42. The number of carboxylic acids is 1. The summed E-state index contributed by atoms with van der Waals surface area (Å²) in [6.07, 6.45) is 2.10. The van der Waals surface area contributed by atoms with Gasteiger partial charge in [0, 0.05) is 11.1 Å². The topological polar surface area (TPSA) is 46.5 Å². The third kappa shape index (κ3) is 1.87. The van der Waals surface area contributed by atoms with E-state index < -0.39 is 11.4 Å². The Kier molecular flexibility index (Phi) is 3.23. The van der Waals surface area contributed by atoms with Gasteiger partial charge in [-0.1, -0.05) is 29.6 Å². The number of benzene rings is 1. The van der Waals surface area contributed by atoms with Crippen LogP contribution in [0.25, 0.3) is 0 Å². The maximum absolute atomic E-state index is 11.4. The molecule has 1 aromatic carbocycles. The molecule has 0 radical (unpaired) electrons. The SMILES string of the molecule is COc1cc(Cl)c(C2(C(=O)O)CCC2)cc1Cl. The van der Waals surface area contributed by atoms with Crippen LogP contribution in [0.5, 0.6) is 5.75 Å². The van der Waals surface area contributed by atoms with Crippen molar-refractivity contribution in [2.45, 2.75) is 24.7 Å². The smallest absolute Gasteiger partial charge is 0.314 e. The molecule has 1 aromatic rings. The summed E-state index contributed by atoms with van der Waals surface area (Å²) in [6, 6.07) is 3.18. The maximum Gasteiger partial charge on any atom is 0.314 e. The number of hydrogen-bond acceptors (Lipinski definition) is 2. The molecule has 0 aromatic heterocycles. The number of carboxylic acid groups (broad SMARTS) is 1. The van der Waals surface area contributed by atoms with Crippen LogP contribution in [-0.4, -0.2) is 18.2 Å². The van der Waals surface area contributed by atoms with Crippen LogP contribution in [0.4, 0.5) is 0 Å². The minimum atomic E-state index is -0.868. The van der Waals surface area contributed by atoms with Crippen LogP contribution in [0.3, 0.4) is 0 Å². The normalized spacial score (nSPS) is 17.4. The molecule has 0 unspecified atom stereocenters. The molecular weight excluding hydrogens is 263 g/mol. The standard InChI is InChI=1S/C12H12Cl2O3/c1-17-10-6-8(13)7(5-9(10)14)12(11(15)16)3-2-4-12/h5-6H,2-4H2,1H3,(H,15,16). The average Bonchev–Trinajstić information content (AvgIpc) is 2.20. The molecule has 1 N–H and O–H groups in total. The molecule has 1 aliphatic carbocycles. The van der Waals surface area contributed by atoms with Crippen molar-refractivity contribution in [2.75, 3.05) is 7.11 Å². The third-order valence-corrected chi connectivity index (χ3v) is 3.98. The van der Waals surface area contributed by atoms with Crippen molar-refractivity contribution in [2.24, 2.45) is 0 Å². The zero-order valence-corrected chi connectivity index (χ0v) is 10.8. The predicted octanol–water partition coefficient (Wildman–Crippen LogP) is 3.51. The molecular formula is C12H12Cl2O3. The molecule has 0 atom stereocenters. The number of halogens is 2. The fourth-order valence-corrected chi connectivity index (χ4v) is 2.76. The molecule has 0 aliphatic heterocycles. The number of carbonyl (C=O) groups is 1. The third-order valence-electron chi connectivity index (χ3n) is 3.37. The first-order valence-corrected chi connectivity index (χ1v) is 6.04. The van der Waals surface area contributed by atoms with E-state index in [2.05, 4.69) is 0 Å². The highest BCUT2D eigenvalue weighted by atomic mass is 35.5. The highest BCUT2D eigenvalue weighted by Gasteiger charge is 2.47. The van der Waals surface area contributed by atoms with Crippen LogP contribution >= 0.6 is 23.2 Å². The molecule has 1 saturated carbocycles. The lowest BCUT2D eigenvalue weighted by molar-refractivity contribution is -0.147. The molecule has 92 valence electrons. The summed E-state index contributed by atoms with van der Waals surface area (Å²) in [5.41, 5.74) is -0.281. The molecule has 1 aliphatic rings. The van der Waals surface area contributed by atoms with Gasteiger partial charge in [0.25, 0.3) is 0 Å². The van der Waals surface area contributed by atoms with Gasteiger partial charge in [0.1, 0.15) is 5.75 Å². The second-order valence-electron chi connectivity index (χ2n) is 4.21. The highest BCUT2D eigenvalue weighted by molar-refractivity contribution is 6.35. The number of aliphatic carboxylic acids is 1. The number of hydrogen-bond donors (Lipinski definition) is 1. The van der Waals surface area contributed by atoms with E-state index in [4.69, 9.17) is 27.9 Å². The lowest BCUT2D eigenvalue weighted by atomic mass is 9.64. The zero-order valence-electron chi connectivity index (χ0n) is 9.30. The second kappa shape index (κ2) is 4.39. The van der Waals surface area contributed by atoms with E-state index >= 15 is 0 Å². The number of rotatable bonds is 3. The number of ether oxygens (including phenoxy) is 1. The molecule has 2 rings (SSSR count). The fraction of sp³-hybridized carbons (Fsp3) is 0.417. The zero-order chi connectivity index (χ0) is 12.6. The predicted molar refractivity (Wildman–Crippen MR) is 66.2 cm³/mol. The maximum atomic E-state index is 11.4. The molecule has 0 spiro atoms. The molecule has 0 saturated heterocycles. The first-order chi connectivity index (χ1) is 8.01. The lowest BCUT2D eigenvalue weighted by Gasteiger charge is -2.38. The summed E-state index contributed by atoms with van der Waals surface area (Å²) in [7, 11) is 1.49. The molecule has 1 fully saturated rings. The van der Waals surface area contributed by atoms with Gasteiger partial charge in [0.2, 0.25) is 0 Å². The van der Waals surface area contributed by atoms with Gasteiger partial charge >= 0.3 is 5.97 Å². The van der Waals surface area contributed by atoms with Gasteiger partial charge in [-0.3, -0.25) is 4.79 Å². The summed E-state index contributed by atoms with van der Waals surface area (Å²) in [5, 5.41) is 10.1. The van der Waals surface area contributed by atoms with Gasteiger partial charge in [0.05, 0.1) is 17.5 Å². The van der Waals surface area contributed by atoms with Crippen LogP contribution in [0.1, 0.15) is 24.8 Å². The average molecular weight is 275 g/mol. The van der Waals surface area contributed by atoms with Crippen molar-refractivity contribution in [3.8, 4) is 5.75 Å². The highest BCUT2D eigenvalue weighted by Crippen LogP contribution is 2.48. The Morgan fingerprint density at radius 3 is 2.41 bits per heavy atom. The van der Waals surface area contributed by atoms with Crippen molar-refractivity contribution in [3.05, 3.63) is 27.7 Å². The summed E-state index contributed by atoms with van der Waals surface area (Å²) in [5.74, 6) is -0.382. The Bertz CT molecular complexity index is 467. The minimum absolute atomic E-state index is 0.388. The quantitative estimate of drug-likeness (QED) is 0.918. The Morgan fingerprint density at radius 1 is 1.35 bits per heavy atom. The summed E-state index contributed by atoms with van der Waals surface area (Å²) >= 11 is 12.1. The van der Waals surface area contributed by atoms with Gasteiger partial charge in [-0.2, -0.15) is 0 Å². The molecule has 3 nitrogen and oxygen atoms in total. The van der Waals surface area contributed by atoms with Crippen LogP contribution in [0, 0.1) is 0 Å². The largest absolute Gasteiger partial charge is 0.495 e. The Hall–Kier alpha value is -0.930. The van der Waals surface area contributed by atoms with Crippen LogP contribution in [-0.2, 0) is 10.2 Å². The number of methoxy groups -OCH3 is 1. The molecule has 0 amide bonds. The summed E-state index contributed by atoms with van der Waals surface area (Å²) < 4.78 is 5.04. The van der Waals surface area contributed by atoms with E-state index in [0.29, 0.717) is 34.2 Å². The first kappa shape index (κ1) is 12.5. The Morgan fingerprint density at radius 2 is 2.00 bits per heavy atom. The second-order valence-corrected chi connectivity index (χ2v) is 5.02. The molecule has 17 heavy (non-hydrogen) atoms. The van der Waals surface area contributed by atoms with E-state index in [-0.39, 0.29) is 0 Å². The van der Waals surface area contributed by atoms with Gasteiger partial charge < -0.3 is 9.84 Å². The van der Waals surface area contributed by atoms with Crippen molar-refractivity contribution in [3.63, 3.8) is 0 Å². The van der Waals surface area contributed by atoms with Crippen LogP contribution in [0.2, 0.25) is 10.0 Å². The van der Waals surface area contributed by atoms with Gasteiger partial charge in [-0.25, -0.2) is 0 Å². The molecule has 0 heterocycles. The van der Waals surface area contributed by atoms with E-state index in [1.807, 2.05) is 0 Å². The van der Waals surface area contributed by atoms with Gasteiger partial charge in [-0.05, 0) is 24.5 Å². The molecule has 0 bridgehead atoms. The Labute approximate surface area is 109 Å². The van der Waals surface area contributed by atoms with Crippen molar-refractivity contribution in [1.29, 1.82) is 0 Å². The first-order valence-electron chi connectivity index (χ1n) is 5.28. The van der Waals surface area contributed by atoms with Crippen molar-refractivity contribution >= 4 is 29.2 Å². The van der Waals surface area contributed by atoms with E-state index in [1.165, 1.54) is 7.11 Å². The van der Waals surface area contributed by atoms with E-state index in [0.717, 1.165) is 6.42 Å². The van der Waals surface area contributed by atoms with Crippen LogP contribution < -0.4 is 4.74 Å². The minimum Gasteiger partial charge on any atom is -0.495 e. The molecule has 5 heteroatoms. The fourth-order valence-electron chi connectivity index (χ4n) is 2.18. The monoisotopic (exact) mass is 274 g/mol.